The Labute approximate surface area is 157 Å². The average molecular weight is 382 g/mol. The number of quaternary nitrogens is 1. The molecule has 0 radical (unpaired) electrons. The van der Waals surface area contributed by atoms with Crippen LogP contribution in [0.3, 0.4) is 0 Å². The Morgan fingerprint density at radius 3 is 1.11 bits per heavy atom. The van der Waals surface area contributed by atoms with Crippen molar-refractivity contribution in [2.45, 2.75) is 39.1 Å². The zero-order chi connectivity index (χ0) is 21.5. The molecule has 0 saturated heterocycles. The Morgan fingerprint density at radius 1 is 0.630 bits per heavy atom. The minimum atomic E-state index is -1.91. The van der Waals surface area contributed by atoms with Gasteiger partial charge >= 0.3 is 35.3 Å². The van der Waals surface area contributed by atoms with E-state index in [2.05, 4.69) is 26.3 Å². The van der Waals surface area contributed by atoms with Crippen LogP contribution < -0.4 is 0 Å². The highest BCUT2D eigenvalue weighted by Crippen LogP contribution is 2.40. The number of nitrogens with zero attached hydrogens (tertiary/aromatic N) is 1. The highest BCUT2D eigenvalue weighted by atomic mass is 17.1. The Hall–Kier alpha value is -3.20. The first kappa shape index (κ1) is 23.8. The van der Waals surface area contributed by atoms with Gasteiger partial charge in [-0.2, -0.15) is 0 Å². The van der Waals surface area contributed by atoms with Gasteiger partial charge in [-0.15, -0.1) is 0 Å². The molecule has 0 fully saturated rings. The summed E-state index contributed by atoms with van der Waals surface area (Å²) >= 11 is 0. The van der Waals surface area contributed by atoms with Crippen molar-refractivity contribution in [2.24, 2.45) is 0 Å². The lowest BCUT2D eigenvalue weighted by Gasteiger charge is -2.46. The van der Waals surface area contributed by atoms with Crippen molar-refractivity contribution in [3.63, 3.8) is 0 Å². The zero-order valence-electron chi connectivity index (χ0n) is 15.9. The molecule has 0 aliphatic rings. The van der Waals surface area contributed by atoms with Crippen molar-refractivity contribution < 1.29 is 43.1 Å². The van der Waals surface area contributed by atoms with Crippen molar-refractivity contribution >= 4 is 23.9 Å². The summed E-state index contributed by atoms with van der Waals surface area (Å²) in [6.07, 6.45) is 3.27. The number of carbonyl (C=O) groups excluding carboxylic acids is 4. The quantitative estimate of drug-likeness (QED) is 0.186. The van der Waals surface area contributed by atoms with Gasteiger partial charge in [-0.25, -0.2) is 28.9 Å². The molecular weight excluding hydrogens is 358 g/mol. The molecule has 148 valence electrons. The van der Waals surface area contributed by atoms with E-state index >= 15 is 0 Å². The van der Waals surface area contributed by atoms with E-state index in [9.17, 15) is 19.2 Å². The summed E-state index contributed by atoms with van der Waals surface area (Å²) in [5.41, 5.74) is -3.82. The lowest BCUT2D eigenvalue weighted by Crippen LogP contribution is -2.73. The second kappa shape index (κ2) is 8.95. The molecule has 0 aliphatic carbocycles. The molecule has 9 nitrogen and oxygen atoms in total. The third kappa shape index (κ3) is 5.38. The first-order valence-corrected chi connectivity index (χ1v) is 7.64. The first-order valence-electron chi connectivity index (χ1n) is 7.64. The van der Waals surface area contributed by atoms with E-state index in [1.165, 1.54) is 27.7 Å². The van der Waals surface area contributed by atoms with Crippen LogP contribution in [0.15, 0.2) is 50.6 Å². The minimum Gasteiger partial charge on any atom is -0.399 e. The summed E-state index contributed by atoms with van der Waals surface area (Å²) in [6, 6.07) is 0. The number of rotatable bonds is 10. The van der Waals surface area contributed by atoms with E-state index < -0.39 is 40.1 Å². The van der Waals surface area contributed by atoms with Crippen molar-refractivity contribution in [3.8, 4) is 0 Å². The molecule has 0 bridgehead atoms. The van der Waals surface area contributed by atoms with Gasteiger partial charge in [0.2, 0.25) is 0 Å². The van der Waals surface area contributed by atoms with E-state index in [1.807, 2.05) is 0 Å². The van der Waals surface area contributed by atoms with Gasteiger partial charge in [-0.05, 0) is 0 Å². The van der Waals surface area contributed by atoms with Gasteiger partial charge in [0.25, 0.3) is 0 Å². The van der Waals surface area contributed by atoms with Gasteiger partial charge in [0.15, 0.2) is 0 Å². The van der Waals surface area contributed by atoms with E-state index in [0.29, 0.717) is 0 Å². The van der Waals surface area contributed by atoms with E-state index in [1.54, 1.807) is 0 Å². The molecule has 0 spiro atoms. The van der Waals surface area contributed by atoms with Crippen molar-refractivity contribution in [2.75, 3.05) is 0 Å². The Bertz CT molecular complexity index is 617. The number of hydrogen-bond acceptors (Lipinski definition) is 8. The van der Waals surface area contributed by atoms with Crippen LogP contribution in [0.2, 0.25) is 0 Å². The Morgan fingerprint density at radius 2 is 0.889 bits per heavy atom. The third-order valence-electron chi connectivity index (χ3n) is 3.22. The minimum absolute atomic E-state index is 0.783. The SMILES string of the molecule is C=CC(=O)OC(C)(C)[N+](OC(=O)C=C)(OC(=O)C=C)C(C)(C)OC(=O)C=C. The molecule has 27 heavy (non-hydrogen) atoms. The molecule has 0 saturated carbocycles. The number of ether oxygens (including phenoxy) is 2. The van der Waals surface area contributed by atoms with E-state index in [-0.39, 0.29) is 0 Å². The largest absolute Gasteiger partial charge is 0.399 e. The highest BCUT2D eigenvalue weighted by Gasteiger charge is 2.68. The van der Waals surface area contributed by atoms with Crippen molar-refractivity contribution in [1.29, 1.82) is 0 Å². The van der Waals surface area contributed by atoms with Crippen molar-refractivity contribution in [3.05, 3.63) is 50.6 Å². The van der Waals surface area contributed by atoms with Crippen LogP contribution in [0.5, 0.6) is 0 Å². The van der Waals surface area contributed by atoms with Crippen LogP contribution in [0.1, 0.15) is 27.7 Å². The van der Waals surface area contributed by atoms with E-state index in [0.717, 1.165) is 24.3 Å². The van der Waals surface area contributed by atoms with Gasteiger partial charge in [0.05, 0.1) is 0 Å². The maximum Gasteiger partial charge on any atom is 0.395 e. The standard InChI is InChI=1S/C18H24NO8/c1-9-13(20)24-17(5,6)19(26-15(22)11-3,27-16(23)12-4)18(7,8)25-14(21)10-2/h9-12H,1-4H2,5-8H3/q+1. The van der Waals surface area contributed by atoms with Crippen LogP contribution >= 0.6 is 0 Å². The molecule has 9 heteroatoms. The second-order valence-electron chi connectivity index (χ2n) is 5.92. The highest BCUT2D eigenvalue weighted by molar-refractivity contribution is 5.83. The third-order valence-corrected chi connectivity index (χ3v) is 3.22. The molecule has 0 atom stereocenters. The number of hydroxylamine groups is 4. The summed E-state index contributed by atoms with van der Waals surface area (Å²) in [6.45, 7) is 18.2. The molecule has 0 aliphatic heterocycles. The number of hydrogen-bond donors (Lipinski definition) is 0. The van der Waals surface area contributed by atoms with Crippen LogP contribution in [0, 0.1) is 0 Å². The normalized spacial score (nSPS) is 11.4. The maximum absolute atomic E-state index is 12.0. The lowest BCUT2D eigenvalue weighted by atomic mass is 10.2. The Kier molecular flexibility index (Phi) is 7.89. The Balaban J connectivity index is 6.70. The fourth-order valence-corrected chi connectivity index (χ4v) is 2.13. The van der Waals surface area contributed by atoms with Gasteiger partial charge < -0.3 is 9.47 Å². The van der Waals surface area contributed by atoms with Crippen LogP contribution in [-0.4, -0.2) is 40.1 Å². The summed E-state index contributed by atoms with van der Waals surface area (Å²) in [7, 11) is 0. The van der Waals surface area contributed by atoms with Crippen LogP contribution in [-0.2, 0) is 38.3 Å². The van der Waals surface area contributed by atoms with Crippen molar-refractivity contribution in [1.82, 2.24) is 0 Å². The molecule has 0 unspecified atom stereocenters. The fraction of sp³-hybridized carbons (Fsp3) is 0.333. The van der Waals surface area contributed by atoms with Gasteiger partial charge in [0.1, 0.15) is 4.81 Å². The molecule has 0 rings (SSSR count). The van der Waals surface area contributed by atoms with Crippen LogP contribution in [0.4, 0.5) is 0 Å². The van der Waals surface area contributed by atoms with Crippen LogP contribution in [0.25, 0.3) is 0 Å². The molecule has 0 heterocycles. The lowest BCUT2D eigenvalue weighted by molar-refractivity contribution is -1.30. The zero-order valence-corrected chi connectivity index (χ0v) is 15.9. The smallest absolute Gasteiger partial charge is 0.395 e. The maximum atomic E-state index is 12.0. The van der Waals surface area contributed by atoms with Gasteiger partial charge in [0, 0.05) is 52.0 Å². The van der Waals surface area contributed by atoms with Gasteiger partial charge in [-0.3, -0.25) is 0 Å². The molecule has 0 N–H and O–H groups in total. The first-order chi connectivity index (χ1) is 12.3. The summed E-state index contributed by atoms with van der Waals surface area (Å²) < 4.78 is 10.4. The number of esters is 2. The second-order valence-corrected chi connectivity index (χ2v) is 5.92. The fourth-order valence-electron chi connectivity index (χ4n) is 2.13. The monoisotopic (exact) mass is 382 g/mol. The summed E-state index contributed by atoms with van der Waals surface area (Å²) in [5.74, 6) is -3.95. The topological polar surface area (TPSA) is 105 Å². The average Bonchev–Trinajstić information content (AvgIpc) is 2.59. The predicted molar refractivity (Wildman–Crippen MR) is 93.6 cm³/mol. The van der Waals surface area contributed by atoms with Gasteiger partial charge in [-0.1, -0.05) is 26.3 Å². The molecule has 0 aromatic heterocycles. The molecule has 0 aromatic rings. The molecular formula is C18H24NO8+. The summed E-state index contributed by atoms with van der Waals surface area (Å²) in [4.78, 5) is 56.6. The van der Waals surface area contributed by atoms with E-state index in [4.69, 9.17) is 19.1 Å². The predicted octanol–water partition coefficient (Wildman–Crippen LogP) is 2.02. The molecule has 0 aromatic carbocycles. The number of carbonyl (C=O) groups is 4. The molecule has 0 amide bonds. The summed E-state index contributed by atoms with van der Waals surface area (Å²) in [5, 5.41) is 0.